The van der Waals surface area contributed by atoms with E-state index in [1.165, 1.54) is 24.3 Å². The number of hydrogen-bond acceptors (Lipinski definition) is 2. The van der Waals surface area contributed by atoms with Gasteiger partial charge in [-0.05, 0) is 29.8 Å². The fraction of sp³-hybridized carbons (Fsp3) is 0.0625. The Bertz CT molecular complexity index is 693. The summed E-state index contributed by atoms with van der Waals surface area (Å²) in [5.74, 6) is 0.0959. The summed E-state index contributed by atoms with van der Waals surface area (Å²) in [6.45, 7) is 0.483. The minimum atomic E-state index is -0.369. The smallest absolute Gasteiger partial charge is 0.237 e. The summed E-state index contributed by atoms with van der Waals surface area (Å²) in [6, 6.07) is 12.2. The standard InChI is InChI=1S/C16H12F2N2O/c17-13-4-1-3-12(7-13)9-20-10-16(19-11-20)21-15-6-2-5-14(18)8-15/h1-8,10-11H,9H2. The van der Waals surface area contributed by atoms with Gasteiger partial charge in [-0.1, -0.05) is 18.2 Å². The van der Waals surface area contributed by atoms with E-state index in [1.807, 2.05) is 6.07 Å². The quantitative estimate of drug-likeness (QED) is 0.724. The van der Waals surface area contributed by atoms with Gasteiger partial charge in [0, 0.05) is 12.6 Å². The van der Waals surface area contributed by atoms with Crippen molar-refractivity contribution in [2.75, 3.05) is 0 Å². The van der Waals surface area contributed by atoms with E-state index in [1.54, 1.807) is 35.3 Å². The van der Waals surface area contributed by atoms with Crippen LogP contribution in [0.2, 0.25) is 0 Å². The van der Waals surface area contributed by atoms with Crippen molar-refractivity contribution in [2.45, 2.75) is 6.54 Å². The Labute approximate surface area is 120 Å². The number of imidazole rings is 1. The van der Waals surface area contributed by atoms with Gasteiger partial charge in [0.25, 0.3) is 0 Å². The van der Waals surface area contributed by atoms with Crippen LogP contribution >= 0.6 is 0 Å². The lowest BCUT2D eigenvalue weighted by molar-refractivity contribution is 0.460. The molecule has 3 rings (SSSR count). The van der Waals surface area contributed by atoms with Crippen LogP contribution in [0.15, 0.2) is 61.1 Å². The molecule has 2 aromatic carbocycles. The first-order chi connectivity index (χ1) is 10.2. The molecule has 0 aliphatic heterocycles. The van der Waals surface area contributed by atoms with Gasteiger partial charge in [0.2, 0.25) is 5.88 Å². The molecule has 0 atom stereocenters. The maximum Gasteiger partial charge on any atom is 0.237 e. The van der Waals surface area contributed by atoms with E-state index in [0.29, 0.717) is 18.2 Å². The van der Waals surface area contributed by atoms with E-state index in [0.717, 1.165) is 5.56 Å². The Balaban J connectivity index is 1.71. The van der Waals surface area contributed by atoms with Gasteiger partial charge in [-0.3, -0.25) is 0 Å². The average molecular weight is 286 g/mol. The molecule has 0 saturated carbocycles. The molecule has 21 heavy (non-hydrogen) atoms. The Hall–Kier alpha value is -2.69. The molecule has 0 N–H and O–H groups in total. The van der Waals surface area contributed by atoms with Crippen LogP contribution in [0, 0.1) is 11.6 Å². The maximum absolute atomic E-state index is 13.1. The second-order valence-electron chi connectivity index (χ2n) is 4.57. The number of aromatic nitrogens is 2. The first-order valence-corrected chi connectivity index (χ1v) is 6.39. The van der Waals surface area contributed by atoms with Crippen molar-refractivity contribution >= 4 is 0 Å². The fourth-order valence-electron chi connectivity index (χ4n) is 1.98. The third-order valence-electron chi connectivity index (χ3n) is 2.88. The lowest BCUT2D eigenvalue weighted by Crippen LogP contribution is -1.96. The Morgan fingerprint density at radius 1 is 1.00 bits per heavy atom. The molecule has 0 aliphatic carbocycles. The van der Waals surface area contributed by atoms with E-state index >= 15 is 0 Å². The zero-order chi connectivity index (χ0) is 14.7. The third kappa shape index (κ3) is 3.45. The number of benzene rings is 2. The highest BCUT2D eigenvalue weighted by atomic mass is 19.1. The molecule has 3 nitrogen and oxygen atoms in total. The Morgan fingerprint density at radius 3 is 2.52 bits per heavy atom. The molecule has 0 radical (unpaired) electrons. The minimum Gasteiger partial charge on any atom is -0.437 e. The SMILES string of the molecule is Fc1cccc(Cn2cnc(Oc3cccc(F)c3)c2)c1. The number of nitrogens with zero attached hydrogens (tertiary/aromatic N) is 2. The lowest BCUT2D eigenvalue weighted by atomic mass is 10.2. The molecule has 3 aromatic rings. The molecule has 0 saturated heterocycles. The second-order valence-corrected chi connectivity index (χ2v) is 4.57. The van der Waals surface area contributed by atoms with Crippen molar-refractivity contribution in [1.29, 1.82) is 0 Å². The van der Waals surface area contributed by atoms with Crippen LogP contribution in [0.3, 0.4) is 0 Å². The molecule has 106 valence electrons. The number of rotatable bonds is 4. The van der Waals surface area contributed by atoms with Gasteiger partial charge in [-0.25, -0.2) is 13.8 Å². The molecule has 5 heteroatoms. The fourth-order valence-corrected chi connectivity index (χ4v) is 1.98. The summed E-state index contributed by atoms with van der Waals surface area (Å²) < 4.78 is 33.4. The van der Waals surface area contributed by atoms with Gasteiger partial charge in [-0.2, -0.15) is 0 Å². The summed E-state index contributed by atoms with van der Waals surface area (Å²) >= 11 is 0. The van der Waals surface area contributed by atoms with Gasteiger partial charge >= 0.3 is 0 Å². The molecule has 0 fully saturated rings. The maximum atomic E-state index is 13.1. The van der Waals surface area contributed by atoms with Crippen molar-refractivity contribution in [1.82, 2.24) is 9.55 Å². The van der Waals surface area contributed by atoms with Crippen LogP contribution in [0.4, 0.5) is 8.78 Å². The van der Waals surface area contributed by atoms with Gasteiger partial charge in [0.1, 0.15) is 17.4 Å². The summed E-state index contributed by atoms with van der Waals surface area (Å²) in [7, 11) is 0. The lowest BCUT2D eigenvalue weighted by Gasteiger charge is -2.03. The van der Waals surface area contributed by atoms with E-state index in [4.69, 9.17) is 4.74 Å². The largest absolute Gasteiger partial charge is 0.437 e. The molecular formula is C16H12F2N2O. The minimum absolute atomic E-state index is 0.274. The third-order valence-corrected chi connectivity index (χ3v) is 2.88. The summed E-state index contributed by atoms with van der Waals surface area (Å²) in [5, 5.41) is 0. The monoisotopic (exact) mass is 286 g/mol. The first kappa shape index (κ1) is 13.3. The molecular weight excluding hydrogens is 274 g/mol. The zero-order valence-corrected chi connectivity index (χ0v) is 11.0. The molecule has 1 heterocycles. The van der Waals surface area contributed by atoms with Crippen molar-refractivity contribution < 1.29 is 13.5 Å². The number of hydrogen-bond donors (Lipinski definition) is 0. The van der Waals surface area contributed by atoms with Gasteiger partial charge in [0.05, 0.1) is 12.5 Å². The van der Waals surface area contributed by atoms with Crippen LogP contribution in [0.5, 0.6) is 11.6 Å². The van der Waals surface area contributed by atoms with Crippen molar-refractivity contribution in [2.24, 2.45) is 0 Å². The Morgan fingerprint density at radius 2 is 1.76 bits per heavy atom. The van der Waals surface area contributed by atoms with E-state index in [-0.39, 0.29) is 11.6 Å². The molecule has 0 bridgehead atoms. The highest BCUT2D eigenvalue weighted by molar-refractivity contribution is 5.26. The zero-order valence-electron chi connectivity index (χ0n) is 11.0. The van der Waals surface area contributed by atoms with Gasteiger partial charge in [0.15, 0.2) is 0 Å². The molecule has 0 spiro atoms. The van der Waals surface area contributed by atoms with Crippen LogP contribution in [-0.4, -0.2) is 9.55 Å². The topological polar surface area (TPSA) is 27.1 Å². The Kier molecular flexibility index (Phi) is 3.64. The highest BCUT2D eigenvalue weighted by Crippen LogP contribution is 2.20. The van der Waals surface area contributed by atoms with Crippen molar-refractivity contribution in [3.05, 3.63) is 78.3 Å². The summed E-state index contributed by atoms with van der Waals surface area (Å²) in [6.07, 6.45) is 3.26. The highest BCUT2D eigenvalue weighted by Gasteiger charge is 2.04. The summed E-state index contributed by atoms with van der Waals surface area (Å²) in [4.78, 5) is 4.08. The predicted octanol–water partition coefficient (Wildman–Crippen LogP) is 4.00. The average Bonchev–Trinajstić information content (AvgIpc) is 2.86. The van der Waals surface area contributed by atoms with Crippen LogP contribution < -0.4 is 4.74 Å². The normalized spacial score (nSPS) is 10.6. The van der Waals surface area contributed by atoms with E-state index < -0.39 is 0 Å². The first-order valence-electron chi connectivity index (χ1n) is 6.39. The van der Waals surface area contributed by atoms with Gasteiger partial charge in [-0.15, -0.1) is 0 Å². The van der Waals surface area contributed by atoms with Crippen molar-refractivity contribution in [3.63, 3.8) is 0 Å². The molecule has 0 aliphatic rings. The van der Waals surface area contributed by atoms with Crippen LogP contribution in [-0.2, 0) is 6.54 Å². The molecule has 1 aromatic heterocycles. The van der Waals surface area contributed by atoms with Crippen LogP contribution in [0.25, 0.3) is 0 Å². The van der Waals surface area contributed by atoms with E-state index in [2.05, 4.69) is 4.98 Å². The summed E-state index contributed by atoms with van der Waals surface area (Å²) in [5.41, 5.74) is 0.824. The second kappa shape index (κ2) is 5.75. The van der Waals surface area contributed by atoms with Crippen LogP contribution in [0.1, 0.15) is 5.56 Å². The predicted molar refractivity (Wildman–Crippen MR) is 74.2 cm³/mol. The molecule has 0 unspecified atom stereocenters. The van der Waals surface area contributed by atoms with Gasteiger partial charge < -0.3 is 9.30 Å². The van der Waals surface area contributed by atoms with Crippen molar-refractivity contribution in [3.8, 4) is 11.6 Å². The van der Waals surface area contributed by atoms with E-state index in [9.17, 15) is 8.78 Å². The number of ether oxygens (including phenoxy) is 1. The number of halogens is 2. The molecule has 0 amide bonds.